The van der Waals surface area contributed by atoms with Gasteiger partial charge in [-0.25, -0.2) is 0 Å². The van der Waals surface area contributed by atoms with Crippen LogP contribution in [0.25, 0.3) is 0 Å². The van der Waals surface area contributed by atoms with Gasteiger partial charge in [-0.1, -0.05) is 6.07 Å². The Bertz CT molecular complexity index is 265. The highest BCUT2D eigenvalue weighted by molar-refractivity contribution is 6.30. The van der Waals surface area contributed by atoms with E-state index in [1.54, 1.807) is 14.2 Å². The first-order valence-electron chi connectivity index (χ1n) is 4.24. The molecule has 15 heavy (non-hydrogen) atoms. The summed E-state index contributed by atoms with van der Waals surface area (Å²) in [4.78, 5) is 0. The van der Waals surface area contributed by atoms with Gasteiger partial charge in [0, 0.05) is 5.56 Å². The van der Waals surface area contributed by atoms with Gasteiger partial charge < -0.3 is 24.5 Å². The van der Waals surface area contributed by atoms with Gasteiger partial charge in [0.25, 0.3) is 0 Å². The van der Waals surface area contributed by atoms with E-state index in [0.29, 0.717) is 0 Å². The van der Waals surface area contributed by atoms with E-state index in [1.165, 1.54) is 0 Å². The molecule has 0 saturated carbocycles. The van der Waals surface area contributed by atoms with Crippen LogP contribution >= 0.6 is 0 Å². The lowest BCUT2D eigenvalue weighted by Gasteiger charge is -2.07. The fourth-order valence-electron chi connectivity index (χ4n) is 1.04. The Hall–Kier alpha value is -1.24. The second-order valence-corrected chi connectivity index (χ2v) is 2.63. The molecule has 0 unspecified atom stereocenters. The lowest BCUT2D eigenvalue weighted by atomic mass is 10.2. The van der Waals surface area contributed by atoms with Gasteiger partial charge in [-0.15, -0.1) is 0 Å². The molecule has 3 N–H and O–H groups in total. The van der Waals surface area contributed by atoms with E-state index in [2.05, 4.69) is 0 Å². The van der Waals surface area contributed by atoms with Crippen molar-refractivity contribution in [2.45, 2.75) is 6.92 Å². The summed E-state index contributed by atoms with van der Waals surface area (Å²) in [5.74, 6) is 1.73. The van der Waals surface area contributed by atoms with Gasteiger partial charge in [0.1, 0.15) is 11.5 Å². The Morgan fingerprint density at radius 1 is 1.00 bits per heavy atom. The fraction of sp³-hybridized carbons (Fsp3) is 0.333. The molecule has 0 saturated heterocycles. The van der Waals surface area contributed by atoms with Crippen molar-refractivity contribution < 1.29 is 24.5 Å². The third-order valence-electron chi connectivity index (χ3n) is 1.67. The highest BCUT2D eigenvalue weighted by Crippen LogP contribution is 2.26. The Labute approximate surface area is 89.1 Å². The van der Waals surface area contributed by atoms with Crippen molar-refractivity contribution in [3.05, 3.63) is 23.8 Å². The van der Waals surface area contributed by atoms with Crippen molar-refractivity contribution in [3.8, 4) is 11.5 Å². The van der Waals surface area contributed by atoms with E-state index >= 15 is 0 Å². The number of benzene rings is 1. The summed E-state index contributed by atoms with van der Waals surface area (Å²) >= 11 is 0. The Morgan fingerprint density at radius 3 is 1.60 bits per heavy atom. The van der Waals surface area contributed by atoms with Crippen LogP contribution in [0, 0.1) is 6.92 Å². The maximum atomic E-state index is 7.17. The molecule has 0 amide bonds. The summed E-state index contributed by atoms with van der Waals surface area (Å²) in [5.41, 5.74) is 1.04. The highest BCUT2D eigenvalue weighted by atomic mass is 16.5. The lowest BCUT2D eigenvalue weighted by Crippen LogP contribution is -2.07. The van der Waals surface area contributed by atoms with E-state index in [-0.39, 0.29) is 0 Å². The molecular formula is C9H15BO5. The van der Waals surface area contributed by atoms with Crippen LogP contribution in [0.15, 0.2) is 18.2 Å². The summed E-state index contributed by atoms with van der Waals surface area (Å²) in [6, 6.07) is 5.74. The summed E-state index contributed by atoms with van der Waals surface area (Å²) in [7, 11) is 1.14. The van der Waals surface area contributed by atoms with Crippen LogP contribution in [0.2, 0.25) is 0 Å². The minimum Gasteiger partial charge on any atom is -0.496 e. The van der Waals surface area contributed by atoms with E-state index < -0.39 is 7.32 Å². The normalized spacial score (nSPS) is 8.67. The molecule has 0 aromatic heterocycles. The van der Waals surface area contributed by atoms with Crippen LogP contribution in [-0.2, 0) is 0 Å². The molecule has 1 rings (SSSR count). The van der Waals surface area contributed by atoms with Gasteiger partial charge in [-0.3, -0.25) is 0 Å². The van der Waals surface area contributed by atoms with Gasteiger partial charge in [-0.05, 0) is 19.1 Å². The van der Waals surface area contributed by atoms with Crippen LogP contribution in [0.3, 0.4) is 0 Å². The largest absolute Gasteiger partial charge is 0.631 e. The van der Waals surface area contributed by atoms with Crippen molar-refractivity contribution >= 4 is 7.32 Å². The summed E-state index contributed by atoms with van der Waals surface area (Å²) in [6.45, 7) is 1.97. The van der Waals surface area contributed by atoms with Crippen LogP contribution in [0.4, 0.5) is 0 Å². The van der Waals surface area contributed by atoms with E-state index in [0.717, 1.165) is 17.1 Å². The highest BCUT2D eigenvalue weighted by Gasteiger charge is 2.01. The lowest BCUT2D eigenvalue weighted by molar-refractivity contribution is 0.278. The van der Waals surface area contributed by atoms with Gasteiger partial charge in [0.2, 0.25) is 0 Å². The van der Waals surface area contributed by atoms with Gasteiger partial charge in [0.15, 0.2) is 0 Å². The monoisotopic (exact) mass is 214 g/mol. The van der Waals surface area contributed by atoms with Gasteiger partial charge >= 0.3 is 7.32 Å². The first-order valence-corrected chi connectivity index (χ1v) is 4.24. The zero-order valence-corrected chi connectivity index (χ0v) is 8.97. The van der Waals surface area contributed by atoms with E-state index in [1.807, 2.05) is 25.1 Å². The third kappa shape index (κ3) is 5.26. The third-order valence-corrected chi connectivity index (χ3v) is 1.67. The molecule has 0 spiro atoms. The number of hydrogen-bond donors (Lipinski definition) is 3. The zero-order valence-electron chi connectivity index (χ0n) is 8.97. The average Bonchev–Trinajstić information content (AvgIpc) is 2.17. The molecule has 5 nitrogen and oxygen atoms in total. The first kappa shape index (κ1) is 13.8. The standard InChI is InChI=1S/C9H12O2.BH3O3/c1-7-8(10-2)5-4-6-9(7)11-3;2-1(3)4/h4-6H,1-3H3;2-4H. The number of hydrogen-bond acceptors (Lipinski definition) is 5. The molecule has 0 fully saturated rings. The Morgan fingerprint density at radius 2 is 1.33 bits per heavy atom. The second-order valence-electron chi connectivity index (χ2n) is 2.63. The minimum atomic E-state index is -2.17. The molecule has 1 aromatic carbocycles. The van der Waals surface area contributed by atoms with Crippen LogP contribution < -0.4 is 9.47 Å². The first-order chi connectivity index (χ1) is 7.02. The quantitative estimate of drug-likeness (QED) is 0.602. The van der Waals surface area contributed by atoms with E-state index in [9.17, 15) is 0 Å². The number of methoxy groups -OCH3 is 2. The molecular weight excluding hydrogens is 199 g/mol. The SMILES string of the molecule is COc1cccc(OC)c1C.OB(O)O. The van der Waals surface area contributed by atoms with Crippen molar-refractivity contribution in [2.24, 2.45) is 0 Å². The molecule has 0 aliphatic rings. The Balaban J connectivity index is 0.000000423. The Kier molecular flexibility index (Phi) is 6.52. The zero-order chi connectivity index (χ0) is 11.8. The van der Waals surface area contributed by atoms with Crippen LogP contribution in [0.5, 0.6) is 11.5 Å². The molecule has 0 bridgehead atoms. The van der Waals surface area contributed by atoms with Crippen LogP contribution in [-0.4, -0.2) is 36.6 Å². The predicted molar refractivity (Wildman–Crippen MR) is 56.7 cm³/mol. The molecule has 1 aromatic rings. The van der Waals surface area contributed by atoms with Crippen molar-refractivity contribution in [1.82, 2.24) is 0 Å². The molecule has 0 aliphatic carbocycles. The average molecular weight is 214 g/mol. The maximum Gasteiger partial charge on any atom is 0.631 e. The fourth-order valence-corrected chi connectivity index (χ4v) is 1.04. The second kappa shape index (κ2) is 7.11. The van der Waals surface area contributed by atoms with Crippen molar-refractivity contribution in [3.63, 3.8) is 0 Å². The van der Waals surface area contributed by atoms with Crippen molar-refractivity contribution in [2.75, 3.05) is 14.2 Å². The maximum absolute atomic E-state index is 7.17. The molecule has 0 atom stereocenters. The molecule has 0 heterocycles. The summed E-state index contributed by atoms with van der Waals surface area (Å²) < 4.78 is 10.2. The van der Waals surface area contributed by atoms with Gasteiger partial charge in [0.05, 0.1) is 14.2 Å². The summed E-state index contributed by atoms with van der Waals surface area (Å²) in [5, 5.41) is 21.5. The predicted octanol–water partition coefficient (Wildman–Crippen LogP) is -0.0396. The topological polar surface area (TPSA) is 79.2 Å². The number of rotatable bonds is 2. The van der Waals surface area contributed by atoms with Crippen LogP contribution in [0.1, 0.15) is 5.56 Å². The van der Waals surface area contributed by atoms with Gasteiger partial charge in [-0.2, -0.15) is 0 Å². The molecule has 0 aliphatic heterocycles. The minimum absolute atomic E-state index is 0.865. The smallest absolute Gasteiger partial charge is 0.496 e. The van der Waals surface area contributed by atoms with Crippen molar-refractivity contribution in [1.29, 1.82) is 0 Å². The molecule has 84 valence electrons. The molecule has 0 radical (unpaired) electrons. The molecule has 6 heteroatoms. The summed E-state index contributed by atoms with van der Waals surface area (Å²) in [6.07, 6.45) is 0. The van der Waals surface area contributed by atoms with E-state index in [4.69, 9.17) is 24.5 Å². The number of ether oxygens (including phenoxy) is 2.